The van der Waals surface area contributed by atoms with E-state index >= 15 is 0 Å². The monoisotopic (exact) mass is 315 g/mol. The Bertz CT molecular complexity index is 580. The fourth-order valence-corrected chi connectivity index (χ4v) is 2.39. The first-order valence-electron chi connectivity index (χ1n) is 6.08. The van der Waals surface area contributed by atoms with Gasteiger partial charge in [0, 0.05) is 5.19 Å². The Morgan fingerprint density at radius 2 is 2.00 bits per heavy atom. The number of hydrogen-bond donors (Lipinski definition) is 3. The van der Waals surface area contributed by atoms with Gasteiger partial charge in [-0.1, -0.05) is 0 Å². The zero-order chi connectivity index (χ0) is 16.4. The number of nitro groups is 1. The second-order valence-corrected chi connectivity index (χ2v) is 6.49. The molecule has 9 heteroatoms. The van der Waals surface area contributed by atoms with Crippen molar-refractivity contribution in [2.75, 3.05) is 0 Å². The maximum absolute atomic E-state index is 11.7. The van der Waals surface area contributed by atoms with Gasteiger partial charge >= 0.3 is 5.97 Å². The molecule has 0 spiro atoms. The van der Waals surface area contributed by atoms with Gasteiger partial charge in [-0.15, -0.1) is 0 Å². The minimum absolute atomic E-state index is 0.0953. The van der Waals surface area contributed by atoms with Crippen LogP contribution in [0.1, 0.15) is 26.3 Å². The summed E-state index contributed by atoms with van der Waals surface area (Å²) in [6.45, 7) is 4.42. The molecule has 0 saturated heterocycles. The Balaban J connectivity index is 3.24. The van der Waals surface area contributed by atoms with E-state index in [1.807, 2.05) is 0 Å². The maximum atomic E-state index is 11.7. The summed E-state index contributed by atoms with van der Waals surface area (Å²) in [6.07, 6.45) is 0. The van der Waals surface area contributed by atoms with Gasteiger partial charge < -0.3 is 19.7 Å². The van der Waals surface area contributed by atoms with Crippen LogP contribution in [0.5, 0.6) is 11.5 Å². The Morgan fingerprint density at radius 1 is 1.43 bits per heavy atom. The van der Waals surface area contributed by atoms with E-state index in [1.54, 1.807) is 20.8 Å². The van der Waals surface area contributed by atoms with Crippen LogP contribution < -0.4 is 5.19 Å². The molecular weight excluding hydrogens is 298 g/mol. The van der Waals surface area contributed by atoms with Crippen molar-refractivity contribution in [1.29, 1.82) is 0 Å². The first kappa shape index (κ1) is 16.9. The standard InChI is InChI=1S/C12H17NO7Si/c1-12(2,3)11(16)20-5-6-7(13(17)18)4-8(14)9(15)10(6)21-19/h4,14-15,19H,5,21H2,1-3H3. The zero-order valence-electron chi connectivity index (χ0n) is 11.9. The quantitative estimate of drug-likeness (QED) is 0.230. The number of hydrogen-bond acceptors (Lipinski definition) is 7. The molecule has 0 fully saturated rings. The minimum atomic E-state index is -2.03. The number of rotatable bonds is 4. The van der Waals surface area contributed by atoms with Gasteiger partial charge in [-0.05, 0) is 20.8 Å². The molecule has 1 aromatic carbocycles. The number of phenols is 2. The van der Waals surface area contributed by atoms with E-state index in [1.165, 1.54) is 0 Å². The maximum Gasteiger partial charge on any atom is 0.311 e. The Kier molecular flexibility index (Phi) is 4.91. The molecule has 0 atom stereocenters. The van der Waals surface area contributed by atoms with Crippen LogP contribution >= 0.6 is 0 Å². The van der Waals surface area contributed by atoms with Crippen LogP contribution in [0.2, 0.25) is 0 Å². The number of aromatic hydroxyl groups is 2. The number of nitrogens with zero attached hydrogens (tertiary/aromatic N) is 1. The van der Waals surface area contributed by atoms with Crippen LogP contribution in [0, 0.1) is 15.5 Å². The summed E-state index contributed by atoms with van der Waals surface area (Å²) in [6, 6.07) is 0.767. The van der Waals surface area contributed by atoms with E-state index < -0.39 is 49.9 Å². The molecule has 0 aromatic heterocycles. The van der Waals surface area contributed by atoms with Gasteiger partial charge in [0.1, 0.15) is 6.61 Å². The highest BCUT2D eigenvalue weighted by molar-refractivity contribution is 6.48. The van der Waals surface area contributed by atoms with Crippen molar-refractivity contribution < 1.29 is 29.5 Å². The van der Waals surface area contributed by atoms with Gasteiger partial charge in [0.05, 0.1) is 22.0 Å². The smallest absolute Gasteiger partial charge is 0.311 e. The number of carbonyl (C=O) groups is 1. The van der Waals surface area contributed by atoms with Gasteiger partial charge in [-0.2, -0.15) is 0 Å². The normalized spacial score (nSPS) is 11.8. The average molecular weight is 315 g/mol. The molecular formula is C12H17NO7Si. The van der Waals surface area contributed by atoms with Crippen LogP contribution in [0.4, 0.5) is 5.69 Å². The summed E-state index contributed by atoms with van der Waals surface area (Å²) in [5, 5.41) is 30.0. The van der Waals surface area contributed by atoms with Gasteiger partial charge in [0.2, 0.25) is 0 Å². The van der Waals surface area contributed by atoms with Crippen molar-refractivity contribution in [2.24, 2.45) is 5.41 Å². The predicted octanol–water partition coefficient (Wildman–Crippen LogP) is -0.203. The Hall–Kier alpha value is -2.13. The van der Waals surface area contributed by atoms with Crippen LogP contribution in [-0.2, 0) is 16.1 Å². The van der Waals surface area contributed by atoms with Crippen LogP contribution in [0.15, 0.2) is 6.07 Å². The zero-order valence-corrected chi connectivity index (χ0v) is 13.3. The third kappa shape index (κ3) is 3.70. The number of phenolic OH excluding ortho intramolecular Hbond substituents is 2. The highest BCUT2D eigenvalue weighted by Crippen LogP contribution is 2.31. The Labute approximate surface area is 123 Å². The second kappa shape index (κ2) is 6.10. The molecule has 0 saturated carbocycles. The third-order valence-corrected chi connectivity index (χ3v) is 3.87. The van der Waals surface area contributed by atoms with E-state index in [9.17, 15) is 29.9 Å². The van der Waals surface area contributed by atoms with E-state index in [0.29, 0.717) is 0 Å². The summed E-state index contributed by atoms with van der Waals surface area (Å²) in [5.41, 5.74) is -1.39. The van der Waals surface area contributed by atoms with Crippen molar-refractivity contribution >= 4 is 26.6 Å². The molecule has 0 unspecified atom stereocenters. The number of nitro benzene ring substituents is 1. The molecule has 0 heterocycles. The van der Waals surface area contributed by atoms with Gasteiger partial charge in [0.15, 0.2) is 21.3 Å². The van der Waals surface area contributed by atoms with Gasteiger partial charge in [-0.25, -0.2) is 0 Å². The molecule has 0 radical (unpaired) electrons. The van der Waals surface area contributed by atoms with Crippen LogP contribution in [0.3, 0.4) is 0 Å². The molecule has 1 rings (SSSR count). The fourth-order valence-electron chi connectivity index (χ4n) is 1.59. The summed E-state index contributed by atoms with van der Waals surface area (Å²) in [5.74, 6) is -1.88. The van der Waals surface area contributed by atoms with Crippen molar-refractivity contribution in [1.82, 2.24) is 0 Å². The fraction of sp³-hybridized carbons (Fsp3) is 0.417. The summed E-state index contributed by atoms with van der Waals surface area (Å²) in [4.78, 5) is 31.3. The van der Waals surface area contributed by atoms with Crippen molar-refractivity contribution in [2.45, 2.75) is 27.4 Å². The van der Waals surface area contributed by atoms with Crippen molar-refractivity contribution in [3.63, 3.8) is 0 Å². The van der Waals surface area contributed by atoms with E-state index in [2.05, 4.69) is 0 Å². The molecule has 0 bridgehead atoms. The molecule has 116 valence electrons. The van der Waals surface area contributed by atoms with E-state index in [-0.39, 0.29) is 10.8 Å². The van der Waals surface area contributed by atoms with Crippen molar-refractivity contribution in [3.05, 3.63) is 21.7 Å². The van der Waals surface area contributed by atoms with E-state index in [0.717, 1.165) is 6.07 Å². The van der Waals surface area contributed by atoms with Crippen molar-refractivity contribution in [3.8, 4) is 11.5 Å². The molecule has 0 aliphatic rings. The van der Waals surface area contributed by atoms with Crippen LogP contribution in [0.25, 0.3) is 0 Å². The lowest BCUT2D eigenvalue weighted by molar-refractivity contribution is -0.385. The first-order valence-corrected chi connectivity index (χ1v) is 7.42. The summed E-state index contributed by atoms with van der Waals surface area (Å²) in [7, 11) is -2.03. The molecule has 0 amide bonds. The first-order chi connectivity index (χ1) is 9.59. The summed E-state index contributed by atoms with van der Waals surface area (Å²) >= 11 is 0. The largest absolute Gasteiger partial charge is 0.504 e. The SMILES string of the molecule is CC(C)(C)C(=O)OCc1c([N+](=O)[O-])cc(O)c(O)c1[SiH2]O. The van der Waals surface area contributed by atoms with Gasteiger partial charge in [-0.3, -0.25) is 14.9 Å². The average Bonchev–Trinajstić information content (AvgIpc) is 2.37. The lowest BCUT2D eigenvalue weighted by atomic mass is 9.97. The predicted molar refractivity (Wildman–Crippen MR) is 76.1 cm³/mol. The number of benzene rings is 1. The molecule has 0 aliphatic carbocycles. The van der Waals surface area contributed by atoms with E-state index in [4.69, 9.17) is 4.74 Å². The molecule has 1 aromatic rings. The molecule has 3 N–H and O–H groups in total. The molecule has 0 aliphatic heterocycles. The lowest BCUT2D eigenvalue weighted by Gasteiger charge is -2.18. The summed E-state index contributed by atoms with van der Waals surface area (Å²) < 4.78 is 5.00. The topological polar surface area (TPSA) is 130 Å². The molecule has 21 heavy (non-hydrogen) atoms. The van der Waals surface area contributed by atoms with Crippen LogP contribution in [-0.4, -0.2) is 35.7 Å². The highest BCUT2D eigenvalue weighted by Gasteiger charge is 2.28. The number of ether oxygens (including phenoxy) is 1. The Morgan fingerprint density at radius 3 is 2.43 bits per heavy atom. The second-order valence-electron chi connectivity index (χ2n) is 5.46. The lowest BCUT2D eigenvalue weighted by Crippen LogP contribution is -2.26. The third-order valence-electron chi connectivity index (χ3n) is 2.79. The minimum Gasteiger partial charge on any atom is -0.504 e. The number of carbonyl (C=O) groups excluding carboxylic acids is 1. The number of esters is 1. The highest BCUT2D eigenvalue weighted by atomic mass is 28.2. The molecule has 8 nitrogen and oxygen atoms in total. The van der Waals surface area contributed by atoms with Gasteiger partial charge in [0.25, 0.3) is 5.69 Å².